The molecule has 0 aliphatic heterocycles. The second-order valence-electron chi connectivity index (χ2n) is 4.20. The lowest BCUT2D eigenvalue weighted by Gasteiger charge is -2.09. The average Bonchev–Trinajstić information content (AvgIpc) is 2.41. The number of methoxy groups -OCH3 is 1. The number of hydrogen-bond acceptors (Lipinski definition) is 2. The van der Waals surface area contributed by atoms with Crippen LogP contribution in [0.1, 0.15) is 15.9 Å². The molecule has 0 radical (unpaired) electrons. The number of hydrogen-bond donors (Lipinski definition) is 0. The lowest BCUT2D eigenvalue weighted by molar-refractivity contribution is 0.0990. The van der Waals surface area contributed by atoms with Crippen LogP contribution < -0.4 is 4.74 Å². The Labute approximate surface area is 123 Å². The molecule has 2 aromatic rings. The van der Waals surface area contributed by atoms with Crippen molar-refractivity contribution in [3.63, 3.8) is 0 Å². The molecule has 0 bridgehead atoms. The zero-order valence-corrected chi connectivity index (χ0v) is 12.2. The molecule has 0 aliphatic rings. The molecule has 0 spiro atoms. The standard InChI is InChI=1S/C15H11BrF2O2/c1-20-15-8-13(18)12(16)7-11(15)14(19)6-9-3-2-4-10(17)5-9/h2-5,7-8H,6H2,1H3. The van der Waals surface area contributed by atoms with Crippen LogP contribution in [0.5, 0.6) is 5.75 Å². The van der Waals surface area contributed by atoms with Crippen molar-refractivity contribution in [1.82, 2.24) is 0 Å². The van der Waals surface area contributed by atoms with E-state index in [-0.39, 0.29) is 28.0 Å². The van der Waals surface area contributed by atoms with Crippen LogP contribution in [0.2, 0.25) is 0 Å². The Hall–Kier alpha value is -1.75. The molecule has 0 heterocycles. The number of halogens is 3. The molecule has 0 N–H and O–H groups in total. The van der Waals surface area contributed by atoms with Crippen molar-refractivity contribution < 1.29 is 18.3 Å². The smallest absolute Gasteiger partial charge is 0.171 e. The van der Waals surface area contributed by atoms with Gasteiger partial charge in [-0.1, -0.05) is 12.1 Å². The van der Waals surface area contributed by atoms with Gasteiger partial charge in [-0.05, 0) is 39.7 Å². The molecule has 0 saturated carbocycles. The number of ketones is 1. The van der Waals surface area contributed by atoms with Crippen LogP contribution in [0.25, 0.3) is 0 Å². The van der Waals surface area contributed by atoms with E-state index in [0.717, 1.165) is 6.07 Å². The molecule has 0 aliphatic carbocycles. The van der Waals surface area contributed by atoms with Crippen molar-refractivity contribution in [3.05, 3.63) is 63.6 Å². The van der Waals surface area contributed by atoms with Gasteiger partial charge in [-0.15, -0.1) is 0 Å². The Bertz CT molecular complexity index is 656. The molecule has 2 nitrogen and oxygen atoms in total. The monoisotopic (exact) mass is 340 g/mol. The average molecular weight is 341 g/mol. The van der Waals surface area contributed by atoms with Gasteiger partial charge in [0.25, 0.3) is 0 Å². The van der Waals surface area contributed by atoms with Gasteiger partial charge in [0.15, 0.2) is 5.78 Å². The van der Waals surface area contributed by atoms with E-state index in [2.05, 4.69) is 15.9 Å². The maximum absolute atomic E-state index is 13.4. The summed E-state index contributed by atoms with van der Waals surface area (Å²) in [6, 6.07) is 8.31. The van der Waals surface area contributed by atoms with Crippen LogP contribution in [-0.4, -0.2) is 12.9 Å². The highest BCUT2D eigenvalue weighted by molar-refractivity contribution is 9.10. The summed E-state index contributed by atoms with van der Waals surface area (Å²) >= 11 is 3.03. The van der Waals surface area contributed by atoms with E-state index in [1.165, 1.54) is 31.4 Å². The van der Waals surface area contributed by atoms with Crippen LogP contribution in [0.15, 0.2) is 40.9 Å². The van der Waals surface area contributed by atoms with Crippen molar-refractivity contribution in [2.75, 3.05) is 7.11 Å². The van der Waals surface area contributed by atoms with Gasteiger partial charge in [-0.25, -0.2) is 8.78 Å². The van der Waals surface area contributed by atoms with Gasteiger partial charge in [0, 0.05) is 12.5 Å². The molecule has 0 atom stereocenters. The van der Waals surface area contributed by atoms with E-state index in [0.29, 0.717) is 5.56 Å². The van der Waals surface area contributed by atoms with Crippen molar-refractivity contribution >= 4 is 21.7 Å². The second kappa shape index (κ2) is 6.13. The summed E-state index contributed by atoms with van der Waals surface area (Å²) in [4.78, 5) is 12.2. The summed E-state index contributed by atoms with van der Waals surface area (Å²) in [6.45, 7) is 0. The highest BCUT2D eigenvalue weighted by Crippen LogP contribution is 2.27. The van der Waals surface area contributed by atoms with Gasteiger partial charge in [-0.2, -0.15) is 0 Å². The number of carbonyl (C=O) groups is 1. The Morgan fingerprint density at radius 1 is 1.25 bits per heavy atom. The maximum Gasteiger partial charge on any atom is 0.171 e. The third-order valence-corrected chi connectivity index (χ3v) is 3.40. The first-order chi connectivity index (χ1) is 9.51. The first-order valence-corrected chi connectivity index (χ1v) is 6.61. The quantitative estimate of drug-likeness (QED) is 0.781. The molecule has 0 saturated heterocycles. The Morgan fingerprint density at radius 2 is 2.00 bits per heavy atom. The molecule has 0 fully saturated rings. The SMILES string of the molecule is COc1cc(F)c(Br)cc1C(=O)Cc1cccc(F)c1. The van der Waals surface area contributed by atoms with Gasteiger partial charge in [-0.3, -0.25) is 4.79 Å². The summed E-state index contributed by atoms with van der Waals surface area (Å²) in [5.74, 6) is -1.02. The van der Waals surface area contributed by atoms with Gasteiger partial charge >= 0.3 is 0 Å². The first-order valence-electron chi connectivity index (χ1n) is 5.82. The summed E-state index contributed by atoms with van der Waals surface area (Å²) in [5, 5.41) is 0. The van der Waals surface area contributed by atoms with Gasteiger partial charge in [0.1, 0.15) is 17.4 Å². The van der Waals surface area contributed by atoms with Crippen LogP contribution in [0.3, 0.4) is 0 Å². The minimum absolute atomic E-state index is 0.0200. The van der Waals surface area contributed by atoms with E-state index in [9.17, 15) is 13.6 Å². The summed E-state index contributed by atoms with van der Waals surface area (Å²) < 4.78 is 31.7. The second-order valence-corrected chi connectivity index (χ2v) is 5.05. The van der Waals surface area contributed by atoms with Crippen LogP contribution in [0, 0.1) is 11.6 Å². The van der Waals surface area contributed by atoms with Crippen molar-refractivity contribution in [2.45, 2.75) is 6.42 Å². The largest absolute Gasteiger partial charge is 0.496 e. The van der Waals surface area contributed by atoms with Crippen LogP contribution in [0.4, 0.5) is 8.78 Å². The van der Waals surface area contributed by atoms with E-state index in [1.54, 1.807) is 6.07 Å². The molecule has 5 heteroatoms. The number of ether oxygens (including phenoxy) is 1. The highest BCUT2D eigenvalue weighted by Gasteiger charge is 2.16. The normalized spacial score (nSPS) is 10.4. The topological polar surface area (TPSA) is 26.3 Å². The summed E-state index contributed by atoms with van der Waals surface area (Å²) in [6.07, 6.45) is 0.0200. The van der Waals surface area contributed by atoms with Gasteiger partial charge in [0.2, 0.25) is 0 Å². The summed E-state index contributed by atoms with van der Waals surface area (Å²) in [7, 11) is 1.36. The predicted octanol–water partition coefficient (Wildman–Crippen LogP) is 4.16. The summed E-state index contributed by atoms with van der Waals surface area (Å²) in [5.41, 5.74) is 0.808. The molecule has 0 aromatic heterocycles. The molecule has 0 unspecified atom stereocenters. The number of carbonyl (C=O) groups excluding carboxylic acids is 1. The van der Waals surface area contributed by atoms with Crippen molar-refractivity contribution in [1.29, 1.82) is 0 Å². The minimum atomic E-state index is -0.510. The van der Waals surface area contributed by atoms with Crippen LogP contribution in [-0.2, 0) is 6.42 Å². The first kappa shape index (κ1) is 14.7. The maximum atomic E-state index is 13.4. The zero-order chi connectivity index (χ0) is 14.7. The van der Waals surface area contributed by atoms with Crippen molar-refractivity contribution in [3.8, 4) is 5.75 Å². The molecular weight excluding hydrogens is 330 g/mol. The molecule has 20 heavy (non-hydrogen) atoms. The Morgan fingerprint density at radius 3 is 2.65 bits per heavy atom. The van der Waals surface area contributed by atoms with Gasteiger partial charge in [0.05, 0.1) is 17.1 Å². The third-order valence-electron chi connectivity index (χ3n) is 2.80. The van der Waals surface area contributed by atoms with Crippen molar-refractivity contribution in [2.24, 2.45) is 0 Å². The Balaban J connectivity index is 2.31. The fourth-order valence-electron chi connectivity index (χ4n) is 1.84. The number of Topliss-reactive ketones (excluding diaryl/α,β-unsaturated/α-hetero) is 1. The van der Waals surface area contributed by atoms with E-state index < -0.39 is 11.6 Å². The predicted molar refractivity (Wildman–Crippen MR) is 75.1 cm³/mol. The van der Waals surface area contributed by atoms with E-state index in [4.69, 9.17) is 4.74 Å². The fourth-order valence-corrected chi connectivity index (χ4v) is 2.19. The number of benzene rings is 2. The minimum Gasteiger partial charge on any atom is -0.496 e. The molecular formula is C15H11BrF2O2. The zero-order valence-electron chi connectivity index (χ0n) is 10.6. The Kier molecular flexibility index (Phi) is 4.49. The van der Waals surface area contributed by atoms with E-state index >= 15 is 0 Å². The van der Waals surface area contributed by atoms with Gasteiger partial charge < -0.3 is 4.74 Å². The lowest BCUT2D eigenvalue weighted by atomic mass is 10.0. The fraction of sp³-hybridized carbons (Fsp3) is 0.133. The van der Waals surface area contributed by atoms with E-state index in [1.807, 2.05) is 0 Å². The molecule has 0 amide bonds. The molecule has 104 valence electrons. The highest BCUT2D eigenvalue weighted by atomic mass is 79.9. The van der Waals surface area contributed by atoms with Crippen LogP contribution >= 0.6 is 15.9 Å². The lowest BCUT2D eigenvalue weighted by Crippen LogP contribution is -2.07. The number of rotatable bonds is 4. The molecule has 2 aromatic carbocycles. The third kappa shape index (κ3) is 3.22. The molecule has 2 rings (SSSR count).